The summed E-state index contributed by atoms with van der Waals surface area (Å²) in [6, 6.07) is 16.5. The van der Waals surface area contributed by atoms with E-state index in [4.69, 9.17) is 4.74 Å². The van der Waals surface area contributed by atoms with Gasteiger partial charge in [-0.05, 0) is 76.8 Å². The van der Waals surface area contributed by atoms with Crippen molar-refractivity contribution in [2.45, 2.75) is 91.1 Å². The summed E-state index contributed by atoms with van der Waals surface area (Å²) < 4.78 is 5.89. The summed E-state index contributed by atoms with van der Waals surface area (Å²) in [7, 11) is 1.90. The number of likely N-dealkylation sites (N-methyl/N-ethyl adjacent to an activating group) is 1. The highest BCUT2D eigenvalue weighted by Gasteiger charge is 2.30. The number of nitrogens with one attached hydrogen (secondary N) is 2. The molecule has 2 amide bonds. The van der Waals surface area contributed by atoms with Gasteiger partial charge in [-0.1, -0.05) is 56.3 Å². The molecule has 0 aliphatic heterocycles. The van der Waals surface area contributed by atoms with E-state index in [0.29, 0.717) is 38.3 Å². The first-order valence-corrected chi connectivity index (χ1v) is 13.6. The molecule has 1 unspecified atom stereocenters. The quantitative estimate of drug-likeness (QED) is 0.342. The van der Waals surface area contributed by atoms with Crippen LogP contribution in [0.5, 0.6) is 5.75 Å². The average molecular weight is 526 g/mol. The summed E-state index contributed by atoms with van der Waals surface area (Å²) in [5, 5.41) is 15.8. The van der Waals surface area contributed by atoms with Crippen molar-refractivity contribution in [2.75, 3.05) is 13.6 Å². The molecule has 0 aromatic heterocycles. The topological polar surface area (TPSA) is 90.9 Å². The zero-order chi connectivity index (χ0) is 28.3. The van der Waals surface area contributed by atoms with Crippen molar-refractivity contribution in [2.24, 2.45) is 5.92 Å². The molecule has 7 nitrogen and oxygen atoms in total. The first kappa shape index (κ1) is 31.3. The molecule has 0 bridgehead atoms. The van der Waals surface area contributed by atoms with Crippen LogP contribution in [0.3, 0.4) is 0 Å². The number of hydrogen-bond acceptors (Lipinski definition) is 5. The van der Waals surface area contributed by atoms with Gasteiger partial charge < -0.3 is 20.5 Å². The summed E-state index contributed by atoms with van der Waals surface area (Å²) >= 11 is 0. The molecule has 0 heterocycles. The number of ether oxygens (including phenoxy) is 1. The van der Waals surface area contributed by atoms with Crippen LogP contribution in [-0.4, -0.2) is 59.1 Å². The van der Waals surface area contributed by atoms with E-state index in [1.54, 1.807) is 6.92 Å². The number of carbonyl (C=O) groups is 2. The number of aliphatic hydroxyl groups is 1. The van der Waals surface area contributed by atoms with Gasteiger partial charge in [0.1, 0.15) is 18.4 Å². The fourth-order valence-corrected chi connectivity index (χ4v) is 4.11. The number of rotatable bonds is 14. The van der Waals surface area contributed by atoms with Crippen LogP contribution in [-0.2, 0) is 22.6 Å². The van der Waals surface area contributed by atoms with Crippen LogP contribution < -0.4 is 15.4 Å². The van der Waals surface area contributed by atoms with Crippen LogP contribution in [0.25, 0.3) is 0 Å². The molecule has 0 aliphatic carbocycles. The largest absolute Gasteiger partial charge is 0.489 e. The lowest BCUT2D eigenvalue weighted by Crippen LogP contribution is -2.56. The Hall–Kier alpha value is -2.90. The van der Waals surface area contributed by atoms with Crippen LogP contribution in [0, 0.1) is 5.92 Å². The molecule has 0 saturated heterocycles. The lowest BCUT2D eigenvalue weighted by atomic mass is 9.99. The van der Waals surface area contributed by atoms with Gasteiger partial charge in [0, 0.05) is 18.5 Å². The number of hydrogen-bond donors (Lipinski definition) is 3. The highest BCUT2D eigenvalue weighted by Crippen LogP contribution is 2.17. The molecular weight excluding hydrogens is 478 g/mol. The minimum atomic E-state index is -0.724. The molecule has 3 atom stereocenters. The van der Waals surface area contributed by atoms with Crippen molar-refractivity contribution in [3.05, 3.63) is 65.7 Å². The van der Waals surface area contributed by atoms with E-state index < -0.39 is 23.7 Å². The standard InChI is InChI=1S/C31H47N3O4/c1-22(2)19-28(34(7)18-17-23(3)35)30(37)32-27(29(36)33-31(4,5)6)20-24-13-15-26(16-14-24)38-21-25-11-9-8-10-12-25/h8-16,22-23,27-28,35H,17-21H2,1-7H3,(H,32,37)(H,33,36)/t23-,27?,28-/m0/s1. The van der Waals surface area contributed by atoms with Crippen LogP contribution >= 0.6 is 0 Å². The molecule has 0 aliphatic rings. The summed E-state index contributed by atoms with van der Waals surface area (Å²) in [6.07, 6.45) is 1.15. The number of carbonyl (C=O) groups excluding carboxylic acids is 2. The van der Waals surface area contributed by atoms with Gasteiger partial charge in [-0.25, -0.2) is 0 Å². The van der Waals surface area contributed by atoms with Gasteiger partial charge >= 0.3 is 0 Å². The summed E-state index contributed by atoms with van der Waals surface area (Å²) in [5.74, 6) is 0.646. The van der Waals surface area contributed by atoms with Crippen LogP contribution in [0.4, 0.5) is 0 Å². The van der Waals surface area contributed by atoms with Crippen LogP contribution in [0.15, 0.2) is 54.6 Å². The van der Waals surface area contributed by atoms with Gasteiger partial charge in [0.05, 0.1) is 12.1 Å². The van der Waals surface area contributed by atoms with Crippen molar-refractivity contribution < 1.29 is 19.4 Å². The highest BCUT2D eigenvalue weighted by molar-refractivity contribution is 5.90. The monoisotopic (exact) mass is 525 g/mol. The predicted molar refractivity (Wildman–Crippen MR) is 153 cm³/mol. The molecule has 0 radical (unpaired) electrons. The Kier molecular flexibility index (Phi) is 12.3. The number of nitrogens with zero attached hydrogens (tertiary/aromatic N) is 1. The zero-order valence-corrected chi connectivity index (χ0v) is 24.2. The Morgan fingerprint density at radius 1 is 0.947 bits per heavy atom. The van der Waals surface area contributed by atoms with E-state index in [2.05, 4.69) is 24.5 Å². The van der Waals surface area contributed by atoms with E-state index in [-0.39, 0.29) is 11.8 Å². The van der Waals surface area contributed by atoms with Gasteiger partial charge in [0.25, 0.3) is 0 Å². The van der Waals surface area contributed by atoms with Crippen molar-refractivity contribution in [1.82, 2.24) is 15.5 Å². The minimum Gasteiger partial charge on any atom is -0.489 e. The molecule has 0 spiro atoms. The fourth-order valence-electron chi connectivity index (χ4n) is 4.11. The van der Waals surface area contributed by atoms with E-state index in [9.17, 15) is 14.7 Å². The Morgan fingerprint density at radius 2 is 1.58 bits per heavy atom. The second-order valence-corrected chi connectivity index (χ2v) is 11.7. The molecule has 0 saturated carbocycles. The molecule has 38 heavy (non-hydrogen) atoms. The third-order valence-corrected chi connectivity index (χ3v) is 6.17. The van der Waals surface area contributed by atoms with E-state index in [1.807, 2.05) is 87.3 Å². The maximum Gasteiger partial charge on any atom is 0.243 e. The van der Waals surface area contributed by atoms with Crippen molar-refractivity contribution >= 4 is 11.8 Å². The SMILES string of the molecule is CC(C)C[C@@H](C(=O)NC(Cc1ccc(OCc2ccccc2)cc1)C(=O)NC(C)(C)C)N(C)CC[C@H](C)O. The molecule has 7 heteroatoms. The lowest BCUT2D eigenvalue weighted by molar-refractivity contribution is -0.132. The second-order valence-electron chi connectivity index (χ2n) is 11.7. The Bertz CT molecular complexity index is 984. The number of benzene rings is 2. The van der Waals surface area contributed by atoms with Gasteiger partial charge in [-0.3, -0.25) is 14.5 Å². The molecular formula is C31H47N3O4. The zero-order valence-electron chi connectivity index (χ0n) is 24.2. The summed E-state index contributed by atoms with van der Waals surface area (Å²) in [4.78, 5) is 28.7. The van der Waals surface area contributed by atoms with E-state index >= 15 is 0 Å². The second kappa shape index (κ2) is 14.9. The number of amides is 2. The molecule has 2 rings (SSSR count). The predicted octanol–water partition coefficient (Wildman–Crippen LogP) is 4.33. The lowest BCUT2D eigenvalue weighted by Gasteiger charge is -2.31. The van der Waals surface area contributed by atoms with Crippen molar-refractivity contribution in [1.29, 1.82) is 0 Å². The first-order valence-electron chi connectivity index (χ1n) is 13.6. The normalized spacial score (nSPS) is 14.2. The molecule has 2 aromatic rings. The first-order chi connectivity index (χ1) is 17.8. The van der Waals surface area contributed by atoms with Gasteiger partial charge in [0.2, 0.25) is 11.8 Å². The fraction of sp³-hybridized carbons (Fsp3) is 0.548. The molecule has 3 N–H and O–H groups in total. The van der Waals surface area contributed by atoms with E-state index in [1.165, 1.54) is 0 Å². The van der Waals surface area contributed by atoms with Gasteiger partial charge in [-0.2, -0.15) is 0 Å². The smallest absolute Gasteiger partial charge is 0.243 e. The third kappa shape index (κ3) is 11.7. The highest BCUT2D eigenvalue weighted by atomic mass is 16.5. The van der Waals surface area contributed by atoms with Crippen LogP contribution in [0.2, 0.25) is 0 Å². The van der Waals surface area contributed by atoms with Crippen molar-refractivity contribution in [3.63, 3.8) is 0 Å². The summed E-state index contributed by atoms with van der Waals surface area (Å²) in [6.45, 7) is 12.7. The third-order valence-electron chi connectivity index (χ3n) is 6.17. The Morgan fingerprint density at radius 3 is 2.13 bits per heavy atom. The summed E-state index contributed by atoms with van der Waals surface area (Å²) in [5.41, 5.74) is 1.59. The van der Waals surface area contributed by atoms with Gasteiger partial charge in [0.15, 0.2) is 0 Å². The van der Waals surface area contributed by atoms with Gasteiger partial charge in [-0.15, -0.1) is 0 Å². The molecule has 210 valence electrons. The van der Waals surface area contributed by atoms with Crippen molar-refractivity contribution in [3.8, 4) is 5.75 Å². The molecule has 0 fully saturated rings. The van der Waals surface area contributed by atoms with Crippen LogP contribution in [0.1, 0.15) is 65.5 Å². The number of aliphatic hydroxyl groups excluding tert-OH is 1. The van der Waals surface area contributed by atoms with E-state index in [0.717, 1.165) is 16.9 Å². The molecule has 2 aromatic carbocycles. The maximum atomic E-state index is 13.5. The Labute approximate surface area is 229 Å². The maximum absolute atomic E-state index is 13.5. The average Bonchev–Trinajstić information content (AvgIpc) is 2.84. The Balaban J connectivity index is 2.14. The minimum absolute atomic E-state index is 0.177.